The summed E-state index contributed by atoms with van der Waals surface area (Å²) in [5, 5.41) is 14.2. The molecule has 5 N–H and O–H groups in total. The molecule has 0 aliphatic carbocycles. The number of likely N-dealkylation sites (tertiary alicyclic amines) is 1. The molecule has 10 heteroatoms. The van der Waals surface area contributed by atoms with Gasteiger partial charge in [-0.15, -0.1) is 0 Å². The van der Waals surface area contributed by atoms with Crippen molar-refractivity contribution >= 4 is 0 Å². The topological polar surface area (TPSA) is 114 Å². The standard InChI is InChI=1S/C25H30F3N5O2/c1-2-3-15-4-6-16(7-5-15)8-9-17-10-11-18(14-19(17)25(26,27)28)22-31-23(35-32-22)21-20(34)12-13-33(21)24(29)30/h4-7,10-11,14,20-21,24,34H,2-3,8-9,12-13,29-30H2,1H3/t20-,21-/m0/s1. The predicted octanol–water partition coefficient (Wildman–Crippen LogP) is 3.80. The molecule has 7 nitrogen and oxygen atoms in total. The summed E-state index contributed by atoms with van der Waals surface area (Å²) in [6.07, 6.45) is -3.01. The second-order valence-corrected chi connectivity index (χ2v) is 8.92. The minimum absolute atomic E-state index is 0.00760. The number of aryl methyl sites for hydroxylation is 3. The van der Waals surface area contributed by atoms with Crippen molar-refractivity contribution in [3.05, 3.63) is 70.6 Å². The normalized spacial score (nSPS) is 19.1. The lowest BCUT2D eigenvalue weighted by atomic mass is 9.96. The molecule has 0 amide bonds. The van der Waals surface area contributed by atoms with Crippen molar-refractivity contribution in [3.63, 3.8) is 0 Å². The van der Waals surface area contributed by atoms with Crippen LogP contribution >= 0.6 is 0 Å². The van der Waals surface area contributed by atoms with Gasteiger partial charge in [-0.2, -0.15) is 18.2 Å². The van der Waals surface area contributed by atoms with E-state index in [1.165, 1.54) is 11.6 Å². The molecule has 2 aromatic carbocycles. The van der Waals surface area contributed by atoms with Crippen LogP contribution in [0.3, 0.4) is 0 Å². The van der Waals surface area contributed by atoms with Gasteiger partial charge in [0.15, 0.2) is 0 Å². The SMILES string of the molecule is CCCc1ccc(CCc2ccc(-c3noc([C@@H]4[C@@H](O)CCN4C(N)N)n3)cc2C(F)(F)F)cc1. The van der Waals surface area contributed by atoms with E-state index >= 15 is 0 Å². The minimum Gasteiger partial charge on any atom is -0.391 e. The van der Waals surface area contributed by atoms with Crippen molar-refractivity contribution in [1.82, 2.24) is 15.0 Å². The van der Waals surface area contributed by atoms with Gasteiger partial charge in [0, 0.05) is 12.1 Å². The molecule has 1 saturated heterocycles. The first-order valence-corrected chi connectivity index (χ1v) is 11.7. The number of alkyl halides is 3. The summed E-state index contributed by atoms with van der Waals surface area (Å²) < 4.78 is 47.0. The molecule has 0 saturated carbocycles. The summed E-state index contributed by atoms with van der Waals surface area (Å²) >= 11 is 0. The maximum atomic E-state index is 13.9. The monoisotopic (exact) mass is 489 g/mol. The van der Waals surface area contributed by atoms with E-state index in [1.54, 1.807) is 11.0 Å². The third-order valence-electron chi connectivity index (χ3n) is 6.40. The number of aromatic nitrogens is 2. The van der Waals surface area contributed by atoms with E-state index in [0.29, 0.717) is 19.4 Å². The summed E-state index contributed by atoms with van der Waals surface area (Å²) in [5.41, 5.74) is 13.4. The number of halogens is 3. The average Bonchev–Trinajstić information content (AvgIpc) is 3.45. The number of nitrogens with two attached hydrogens (primary N) is 2. The second kappa shape index (κ2) is 10.4. The van der Waals surface area contributed by atoms with Gasteiger partial charge in [0.1, 0.15) is 12.3 Å². The largest absolute Gasteiger partial charge is 0.416 e. The van der Waals surface area contributed by atoms with Gasteiger partial charge in [-0.25, -0.2) is 0 Å². The first-order valence-electron chi connectivity index (χ1n) is 11.7. The predicted molar refractivity (Wildman–Crippen MR) is 125 cm³/mol. The molecule has 2 heterocycles. The number of aliphatic hydroxyl groups excluding tert-OH is 1. The Kier molecular flexibility index (Phi) is 7.56. The highest BCUT2D eigenvalue weighted by molar-refractivity contribution is 5.57. The lowest BCUT2D eigenvalue weighted by molar-refractivity contribution is -0.138. The Balaban J connectivity index is 1.55. The third kappa shape index (κ3) is 5.72. The van der Waals surface area contributed by atoms with Crippen molar-refractivity contribution in [2.75, 3.05) is 6.54 Å². The van der Waals surface area contributed by atoms with Crippen LogP contribution in [0.15, 0.2) is 47.0 Å². The highest BCUT2D eigenvalue weighted by Gasteiger charge is 2.40. The van der Waals surface area contributed by atoms with E-state index in [2.05, 4.69) is 17.1 Å². The molecule has 0 unspecified atom stereocenters. The van der Waals surface area contributed by atoms with Gasteiger partial charge in [-0.1, -0.05) is 54.9 Å². The number of nitrogens with zero attached hydrogens (tertiary/aromatic N) is 3. The van der Waals surface area contributed by atoms with Gasteiger partial charge < -0.3 is 21.1 Å². The Morgan fingerprint density at radius 3 is 2.40 bits per heavy atom. The molecular formula is C25H30F3N5O2. The quantitative estimate of drug-likeness (QED) is 0.412. The lowest BCUT2D eigenvalue weighted by Crippen LogP contribution is -2.49. The molecule has 0 spiro atoms. The van der Waals surface area contributed by atoms with Crippen LogP contribution in [0.5, 0.6) is 0 Å². The van der Waals surface area contributed by atoms with Gasteiger partial charge in [0.2, 0.25) is 11.7 Å². The first-order chi connectivity index (χ1) is 16.7. The Hall–Kier alpha value is -2.79. The van der Waals surface area contributed by atoms with Gasteiger partial charge in [0.25, 0.3) is 0 Å². The number of hydrogen-bond donors (Lipinski definition) is 3. The van der Waals surface area contributed by atoms with E-state index in [9.17, 15) is 18.3 Å². The van der Waals surface area contributed by atoms with Crippen molar-refractivity contribution in [3.8, 4) is 11.4 Å². The average molecular weight is 490 g/mol. The van der Waals surface area contributed by atoms with Crippen molar-refractivity contribution in [2.45, 2.75) is 63.6 Å². The van der Waals surface area contributed by atoms with Crippen molar-refractivity contribution in [1.29, 1.82) is 0 Å². The fourth-order valence-electron chi connectivity index (χ4n) is 4.55. The molecule has 4 rings (SSSR count). The minimum atomic E-state index is -4.53. The van der Waals surface area contributed by atoms with Crippen LogP contribution in [0.25, 0.3) is 11.4 Å². The molecule has 2 atom stereocenters. The summed E-state index contributed by atoms with van der Waals surface area (Å²) in [5.74, 6) is 0.0725. The molecule has 1 aliphatic rings. The van der Waals surface area contributed by atoms with Crippen molar-refractivity contribution in [2.24, 2.45) is 11.5 Å². The zero-order valence-electron chi connectivity index (χ0n) is 19.5. The van der Waals surface area contributed by atoms with Crippen LogP contribution in [-0.4, -0.2) is 39.1 Å². The molecule has 35 heavy (non-hydrogen) atoms. The van der Waals surface area contributed by atoms with E-state index in [-0.39, 0.29) is 29.3 Å². The maximum absolute atomic E-state index is 13.9. The Labute approximate surface area is 201 Å². The molecular weight excluding hydrogens is 459 g/mol. The first kappa shape index (κ1) is 25.3. The molecule has 3 aromatic rings. The molecule has 0 bridgehead atoms. The Morgan fingerprint density at radius 1 is 1.09 bits per heavy atom. The Morgan fingerprint density at radius 2 is 1.77 bits per heavy atom. The zero-order chi connectivity index (χ0) is 25.2. The highest BCUT2D eigenvalue weighted by atomic mass is 19.4. The van der Waals surface area contributed by atoms with Gasteiger partial charge in [-0.05, 0) is 48.4 Å². The fourth-order valence-corrected chi connectivity index (χ4v) is 4.55. The summed E-state index contributed by atoms with van der Waals surface area (Å²) in [4.78, 5) is 5.87. The third-order valence-corrected chi connectivity index (χ3v) is 6.40. The van der Waals surface area contributed by atoms with E-state index < -0.39 is 30.2 Å². The van der Waals surface area contributed by atoms with E-state index in [1.807, 2.05) is 24.3 Å². The second-order valence-electron chi connectivity index (χ2n) is 8.92. The molecule has 1 aromatic heterocycles. The molecule has 1 aliphatic heterocycles. The van der Waals surface area contributed by atoms with Crippen LogP contribution in [0, 0.1) is 0 Å². The summed E-state index contributed by atoms with van der Waals surface area (Å²) in [6, 6.07) is 11.4. The smallest absolute Gasteiger partial charge is 0.391 e. The van der Waals surface area contributed by atoms with Crippen LogP contribution in [-0.2, 0) is 25.4 Å². The van der Waals surface area contributed by atoms with Crippen LogP contribution in [0.1, 0.15) is 54.0 Å². The van der Waals surface area contributed by atoms with Crippen LogP contribution < -0.4 is 11.5 Å². The van der Waals surface area contributed by atoms with Gasteiger partial charge in [-0.3, -0.25) is 4.90 Å². The fraction of sp³-hybridized carbons (Fsp3) is 0.440. The molecule has 1 fully saturated rings. The van der Waals surface area contributed by atoms with Gasteiger partial charge in [0.05, 0.1) is 11.7 Å². The molecule has 0 radical (unpaired) electrons. The zero-order valence-corrected chi connectivity index (χ0v) is 19.5. The Bertz CT molecular complexity index is 1130. The van der Waals surface area contributed by atoms with E-state index in [4.69, 9.17) is 16.0 Å². The summed E-state index contributed by atoms with van der Waals surface area (Å²) in [7, 11) is 0. The number of hydrogen-bond acceptors (Lipinski definition) is 7. The summed E-state index contributed by atoms with van der Waals surface area (Å²) in [6.45, 7) is 2.55. The maximum Gasteiger partial charge on any atom is 0.416 e. The van der Waals surface area contributed by atoms with Gasteiger partial charge >= 0.3 is 6.18 Å². The highest BCUT2D eigenvalue weighted by Crippen LogP contribution is 2.36. The van der Waals surface area contributed by atoms with Crippen molar-refractivity contribution < 1.29 is 22.8 Å². The van der Waals surface area contributed by atoms with E-state index in [0.717, 1.165) is 24.5 Å². The van der Waals surface area contributed by atoms with Crippen LogP contribution in [0.2, 0.25) is 0 Å². The van der Waals surface area contributed by atoms with Crippen LogP contribution in [0.4, 0.5) is 13.2 Å². The number of aliphatic hydroxyl groups is 1. The molecule has 188 valence electrons. The lowest BCUT2D eigenvalue weighted by Gasteiger charge is -2.25. The number of benzene rings is 2. The number of rotatable bonds is 8.